The van der Waals surface area contributed by atoms with E-state index in [1.54, 1.807) is 6.07 Å². The van der Waals surface area contributed by atoms with Crippen LogP contribution in [0.4, 0.5) is 0 Å². The molecule has 0 saturated heterocycles. The second-order valence-corrected chi connectivity index (χ2v) is 6.12. The van der Waals surface area contributed by atoms with E-state index in [-0.39, 0.29) is 5.75 Å². The molecule has 0 amide bonds. The van der Waals surface area contributed by atoms with Crippen molar-refractivity contribution in [1.82, 2.24) is 0 Å². The lowest BCUT2D eigenvalue weighted by atomic mass is 9.78. The molecule has 122 valence electrons. The molecule has 0 aliphatic carbocycles. The standard InChI is InChI=1S/C23H18O2/c24-21-16-15-17-9-7-8-14-20(17)22(21)23(25,18-10-3-1-4-11-18)19-12-5-2-6-13-19/h1-16,24-25H. The minimum Gasteiger partial charge on any atom is -0.508 e. The summed E-state index contributed by atoms with van der Waals surface area (Å²) in [6.07, 6.45) is 0. The van der Waals surface area contributed by atoms with Crippen molar-refractivity contribution in [1.29, 1.82) is 0 Å². The number of aliphatic hydroxyl groups is 1. The third kappa shape index (κ3) is 2.48. The quantitative estimate of drug-likeness (QED) is 0.529. The number of benzene rings is 4. The first-order valence-corrected chi connectivity index (χ1v) is 8.26. The second kappa shape index (κ2) is 6.08. The van der Waals surface area contributed by atoms with Crippen molar-refractivity contribution in [3.8, 4) is 5.75 Å². The molecule has 0 fully saturated rings. The minimum atomic E-state index is -1.45. The van der Waals surface area contributed by atoms with E-state index >= 15 is 0 Å². The number of fused-ring (bicyclic) bond motifs is 1. The summed E-state index contributed by atoms with van der Waals surface area (Å²) in [6, 6.07) is 30.2. The average molecular weight is 326 g/mol. The molecule has 0 aromatic heterocycles. The number of phenolic OH excluding ortho intramolecular Hbond substituents is 1. The maximum absolute atomic E-state index is 11.9. The van der Waals surface area contributed by atoms with Crippen LogP contribution in [0.5, 0.6) is 5.75 Å². The van der Waals surface area contributed by atoms with E-state index in [1.165, 1.54) is 0 Å². The van der Waals surface area contributed by atoms with Gasteiger partial charge in [0.15, 0.2) is 0 Å². The normalized spacial score (nSPS) is 11.6. The predicted molar refractivity (Wildman–Crippen MR) is 101 cm³/mol. The number of hydrogen-bond acceptors (Lipinski definition) is 2. The summed E-state index contributed by atoms with van der Waals surface area (Å²) < 4.78 is 0. The van der Waals surface area contributed by atoms with Crippen molar-refractivity contribution in [2.45, 2.75) is 5.60 Å². The Hall–Kier alpha value is -3.10. The van der Waals surface area contributed by atoms with Crippen LogP contribution in [-0.2, 0) is 5.60 Å². The van der Waals surface area contributed by atoms with Crippen LogP contribution >= 0.6 is 0 Å². The molecule has 25 heavy (non-hydrogen) atoms. The van der Waals surface area contributed by atoms with Crippen LogP contribution < -0.4 is 0 Å². The lowest BCUT2D eigenvalue weighted by molar-refractivity contribution is 0.124. The van der Waals surface area contributed by atoms with E-state index in [0.29, 0.717) is 16.7 Å². The highest BCUT2D eigenvalue weighted by Crippen LogP contribution is 2.44. The Morgan fingerprint density at radius 1 is 0.560 bits per heavy atom. The Kier molecular flexibility index (Phi) is 3.75. The molecule has 0 atom stereocenters. The van der Waals surface area contributed by atoms with Gasteiger partial charge in [0, 0.05) is 5.56 Å². The van der Waals surface area contributed by atoms with E-state index < -0.39 is 5.60 Å². The largest absolute Gasteiger partial charge is 0.508 e. The van der Waals surface area contributed by atoms with Crippen LogP contribution in [0.3, 0.4) is 0 Å². The topological polar surface area (TPSA) is 40.5 Å². The molecule has 0 radical (unpaired) electrons. The predicted octanol–water partition coefficient (Wildman–Crippen LogP) is 4.83. The molecule has 4 aromatic carbocycles. The summed E-state index contributed by atoms with van der Waals surface area (Å²) in [7, 11) is 0. The van der Waals surface area contributed by atoms with Gasteiger partial charge in [0.05, 0.1) is 0 Å². The van der Waals surface area contributed by atoms with E-state index in [0.717, 1.165) is 10.8 Å². The molecule has 0 saturated carbocycles. The average Bonchev–Trinajstić information content (AvgIpc) is 2.69. The van der Waals surface area contributed by atoms with Gasteiger partial charge in [-0.05, 0) is 28.0 Å². The second-order valence-electron chi connectivity index (χ2n) is 6.12. The molecule has 2 heteroatoms. The Morgan fingerprint density at radius 2 is 1.08 bits per heavy atom. The molecule has 2 N–H and O–H groups in total. The Bertz CT molecular complexity index is 968. The van der Waals surface area contributed by atoms with Crippen molar-refractivity contribution in [2.24, 2.45) is 0 Å². The van der Waals surface area contributed by atoms with Crippen LogP contribution in [0, 0.1) is 0 Å². The van der Waals surface area contributed by atoms with Crippen LogP contribution in [0.1, 0.15) is 16.7 Å². The number of hydrogen-bond donors (Lipinski definition) is 2. The van der Waals surface area contributed by atoms with Crippen LogP contribution in [0.15, 0.2) is 97.1 Å². The first-order valence-electron chi connectivity index (χ1n) is 8.26. The van der Waals surface area contributed by atoms with Gasteiger partial charge in [-0.3, -0.25) is 0 Å². The number of rotatable bonds is 3. The highest BCUT2D eigenvalue weighted by molar-refractivity contribution is 5.89. The zero-order chi connectivity index (χ0) is 17.3. The summed E-state index contributed by atoms with van der Waals surface area (Å²) in [5.74, 6) is 0.0777. The summed E-state index contributed by atoms with van der Waals surface area (Å²) >= 11 is 0. The van der Waals surface area contributed by atoms with Gasteiger partial charge >= 0.3 is 0 Å². The molecule has 4 aromatic rings. The minimum absolute atomic E-state index is 0.0777. The van der Waals surface area contributed by atoms with Crippen LogP contribution in [-0.4, -0.2) is 10.2 Å². The van der Waals surface area contributed by atoms with E-state index in [9.17, 15) is 10.2 Å². The van der Waals surface area contributed by atoms with Crippen molar-refractivity contribution in [3.05, 3.63) is 114 Å². The maximum atomic E-state index is 11.9. The number of phenols is 1. The van der Waals surface area contributed by atoms with Gasteiger partial charge in [-0.25, -0.2) is 0 Å². The van der Waals surface area contributed by atoms with Gasteiger partial charge in [0.25, 0.3) is 0 Å². The summed E-state index contributed by atoms with van der Waals surface area (Å²) in [5.41, 5.74) is 0.483. The summed E-state index contributed by atoms with van der Waals surface area (Å²) in [6.45, 7) is 0. The molecule has 0 heterocycles. The molecule has 2 nitrogen and oxygen atoms in total. The van der Waals surface area contributed by atoms with Gasteiger partial charge in [-0.1, -0.05) is 91.0 Å². The highest BCUT2D eigenvalue weighted by atomic mass is 16.3. The Balaban J connectivity index is 2.12. The molecular weight excluding hydrogens is 308 g/mol. The molecule has 0 bridgehead atoms. The van der Waals surface area contributed by atoms with Crippen molar-refractivity contribution >= 4 is 10.8 Å². The molecular formula is C23H18O2. The van der Waals surface area contributed by atoms with E-state index in [2.05, 4.69) is 0 Å². The fraction of sp³-hybridized carbons (Fsp3) is 0.0435. The Labute approximate surface area is 146 Å². The third-order valence-electron chi connectivity index (χ3n) is 4.65. The highest BCUT2D eigenvalue weighted by Gasteiger charge is 2.37. The van der Waals surface area contributed by atoms with Crippen LogP contribution in [0.2, 0.25) is 0 Å². The zero-order valence-corrected chi connectivity index (χ0v) is 13.6. The summed E-state index contributed by atoms with van der Waals surface area (Å²) in [5, 5.41) is 24.5. The van der Waals surface area contributed by atoms with Gasteiger partial charge in [0.1, 0.15) is 11.4 Å². The smallest absolute Gasteiger partial charge is 0.144 e. The van der Waals surface area contributed by atoms with Crippen molar-refractivity contribution in [3.63, 3.8) is 0 Å². The summed E-state index contributed by atoms with van der Waals surface area (Å²) in [4.78, 5) is 0. The zero-order valence-electron chi connectivity index (χ0n) is 13.6. The van der Waals surface area contributed by atoms with Gasteiger partial charge < -0.3 is 10.2 Å². The fourth-order valence-electron chi connectivity index (χ4n) is 3.45. The molecule has 0 spiro atoms. The first-order chi connectivity index (χ1) is 12.2. The fourth-order valence-corrected chi connectivity index (χ4v) is 3.45. The molecule has 0 aliphatic rings. The molecule has 4 rings (SSSR count). The first kappa shape index (κ1) is 15.4. The SMILES string of the molecule is Oc1ccc2ccccc2c1C(O)(c1ccccc1)c1ccccc1. The van der Waals surface area contributed by atoms with E-state index in [4.69, 9.17) is 0 Å². The molecule has 0 aliphatic heterocycles. The Morgan fingerprint density at radius 3 is 1.68 bits per heavy atom. The van der Waals surface area contributed by atoms with Crippen LogP contribution in [0.25, 0.3) is 10.8 Å². The molecule has 0 unspecified atom stereocenters. The lowest BCUT2D eigenvalue weighted by Gasteiger charge is -2.31. The van der Waals surface area contributed by atoms with Gasteiger partial charge in [0.2, 0.25) is 0 Å². The maximum Gasteiger partial charge on any atom is 0.144 e. The van der Waals surface area contributed by atoms with Crippen molar-refractivity contribution < 1.29 is 10.2 Å². The van der Waals surface area contributed by atoms with Gasteiger partial charge in [-0.2, -0.15) is 0 Å². The van der Waals surface area contributed by atoms with Crippen molar-refractivity contribution in [2.75, 3.05) is 0 Å². The lowest BCUT2D eigenvalue weighted by Crippen LogP contribution is -2.29. The number of aromatic hydroxyl groups is 1. The van der Waals surface area contributed by atoms with Gasteiger partial charge in [-0.15, -0.1) is 0 Å². The third-order valence-corrected chi connectivity index (χ3v) is 4.65. The van der Waals surface area contributed by atoms with E-state index in [1.807, 2.05) is 91.0 Å². The monoisotopic (exact) mass is 326 g/mol.